The molecule has 0 heterocycles. The first kappa shape index (κ1) is 14.7. The fourth-order valence-corrected chi connectivity index (χ4v) is 1.79. The van der Waals surface area contributed by atoms with E-state index in [2.05, 4.69) is 18.3 Å². The summed E-state index contributed by atoms with van der Waals surface area (Å²) in [5.41, 5.74) is 1.87. The molecular weight excluding hydrogens is 229 g/mol. The maximum atomic E-state index is 13.2. The molecule has 0 saturated carbocycles. The van der Waals surface area contributed by atoms with Gasteiger partial charge < -0.3 is 10.1 Å². The molecule has 1 aromatic carbocycles. The Kier molecular flexibility index (Phi) is 6.44. The average Bonchev–Trinajstić information content (AvgIpc) is 2.38. The first-order valence-electron chi connectivity index (χ1n) is 6.40. The van der Waals surface area contributed by atoms with Crippen LogP contribution in [0.15, 0.2) is 24.3 Å². The highest BCUT2D eigenvalue weighted by Gasteiger charge is 2.05. The van der Waals surface area contributed by atoms with Crippen LogP contribution in [0.5, 0.6) is 5.75 Å². The van der Waals surface area contributed by atoms with Crippen LogP contribution in [-0.2, 0) is 0 Å². The van der Waals surface area contributed by atoms with Gasteiger partial charge in [-0.1, -0.05) is 13.0 Å². The Hall–Kier alpha value is -1.35. The largest absolute Gasteiger partial charge is 0.496 e. The number of hydrogen-bond donors (Lipinski definition) is 1. The van der Waals surface area contributed by atoms with Gasteiger partial charge in [-0.2, -0.15) is 0 Å². The van der Waals surface area contributed by atoms with Crippen molar-refractivity contribution >= 4 is 5.57 Å². The van der Waals surface area contributed by atoms with Crippen LogP contribution in [0, 0.1) is 5.82 Å². The van der Waals surface area contributed by atoms with E-state index in [0.717, 1.165) is 37.1 Å². The van der Waals surface area contributed by atoms with Crippen molar-refractivity contribution in [2.45, 2.75) is 26.7 Å². The molecule has 0 radical (unpaired) electrons. The van der Waals surface area contributed by atoms with Gasteiger partial charge in [-0.3, -0.25) is 0 Å². The molecular formula is C15H22FNO. The summed E-state index contributed by atoms with van der Waals surface area (Å²) in [7, 11) is 1.60. The first-order valence-corrected chi connectivity index (χ1v) is 6.40. The van der Waals surface area contributed by atoms with Gasteiger partial charge in [-0.05, 0) is 56.6 Å². The van der Waals surface area contributed by atoms with E-state index in [4.69, 9.17) is 4.74 Å². The number of hydrogen-bond acceptors (Lipinski definition) is 2. The van der Waals surface area contributed by atoms with Crippen molar-refractivity contribution in [2.24, 2.45) is 0 Å². The van der Waals surface area contributed by atoms with Crippen molar-refractivity contribution in [3.05, 3.63) is 35.7 Å². The minimum absolute atomic E-state index is 0.234. The third kappa shape index (κ3) is 4.49. The fourth-order valence-electron chi connectivity index (χ4n) is 1.79. The van der Waals surface area contributed by atoms with Crippen molar-refractivity contribution in [3.8, 4) is 5.75 Å². The maximum absolute atomic E-state index is 13.2. The molecule has 0 saturated heterocycles. The van der Waals surface area contributed by atoms with Crippen LogP contribution in [0.3, 0.4) is 0 Å². The Labute approximate surface area is 109 Å². The Balaban J connectivity index is 2.67. The van der Waals surface area contributed by atoms with E-state index in [-0.39, 0.29) is 5.82 Å². The van der Waals surface area contributed by atoms with Crippen molar-refractivity contribution < 1.29 is 9.13 Å². The highest BCUT2D eigenvalue weighted by Crippen LogP contribution is 2.26. The molecule has 0 amide bonds. The number of benzene rings is 1. The Morgan fingerprint density at radius 3 is 2.83 bits per heavy atom. The zero-order chi connectivity index (χ0) is 13.4. The predicted octanol–water partition coefficient (Wildman–Crippen LogP) is 3.63. The molecule has 0 atom stereocenters. The molecule has 0 unspecified atom stereocenters. The molecule has 0 aliphatic carbocycles. The van der Waals surface area contributed by atoms with Gasteiger partial charge in [0, 0.05) is 5.56 Å². The molecule has 1 aromatic rings. The summed E-state index contributed by atoms with van der Waals surface area (Å²) in [6.45, 7) is 6.11. The highest BCUT2D eigenvalue weighted by molar-refractivity contribution is 5.69. The van der Waals surface area contributed by atoms with Crippen LogP contribution >= 0.6 is 0 Å². The molecule has 0 spiro atoms. The fraction of sp³-hybridized carbons (Fsp3) is 0.467. The molecule has 3 heteroatoms. The number of nitrogens with one attached hydrogen (secondary N) is 1. The van der Waals surface area contributed by atoms with E-state index in [1.165, 1.54) is 12.1 Å². The molecule has 1 N–H and O–H groups in total. The van der Waals surface area contributed by atoms with Gasteiger partial charge in [-0.25, -0.2) is 4.39 Å². The lowest BCUT2D eigenvalue weighted by Crippen LogP contribution is -2.15. The minimum Gasteiger partial charge on any atom is -0.496 e. The van der Waals surface area contributed by atoms with Gasteiger partial charge in [0.2, 0.25) is 0 Å². The van der Waals surface area contributed by atoms with Gasteiger partial charge in [-0.15, -0.1) is 0 Å². The topological polar surface area (TPSA) is 21.3 Å². The lowest BCUT2D eigenvalue weighted by molar-refractivity contribution is 0.412. The minimum atomic E-state index is -0.234. The third-order valence-corrected chi connectivity index (χ3v) is 2.78. The van der Waals surface area contributed by atoms with Gasteiger partial charge in [0.1, 0.15) is 11.6 Å². The number of ether oxygens (including phenoxy) is 1. The van der Waals surface area contributed by atoms with Crippen molar-refractivity contribution in [1.82, 2.24) is 5.32 Å². The molecule has 100 valence electrons. The molecule has 0 aromatic heterocycles. The van der Waals surface area contributed by atoms with Crippen LogP contribution in [0.1, 0.15) is 32.3 Å². The monoisotopic (exact) mass is 251 g/mol. The van der Waals surface area contributed by atoms with Crippen LogP contribution < -0.4 is 10.1 Å². The molecule has 18 heavy (non-hydrogen) atoms. The number of allylic oxidation sites excluding steroid dienone is 1. The van der Waals surface area contributed by atoms with Gasteiger partial charge in [0.05, 0.1) is 7.11 Å². The van der Waals surface area contributed by atoms with Crippen LogP contribution in [-0.4, -0.2) is 20.2 Å². The molecule has 1 rings (SSSR count). The zero-order valence-electron chi connectivity index (χ0n) is 11.4. The summed E-state index contributed by atoms with van der Waals surface area (Å²) < 4.78 is 18.5. The zero-order valence-corrected chi connectivity index (χ0v) is 11.4. The Morgan fingerprint density at radius 1 is 1.39 bits per heavy atom. The lowest BCUT2D eigenvalue weighted by atomic mass is 10.0. The average molecular weight is 251 g/mol. The Bertz CT molecular complexity index is 401. The third-order valence-electron chi connectivity index (χ3n) is 2.78. The van der Waals surface area contributed by atoms with E-state index < -0.39 is 0 Å². The first-order chi connectivity index (χ1) is 8.69. The number of methoxy groups -OCH3 is 1. The SMILES string of the molecule is CCCNCC/C=C(/C)c1cc(F)ccc1OC. The van der Waals surface area contributed by atoms with Crippen LogP contribution in [0.4, 0.5) is 4.39 Å². The van der Waals surface area contributed by atoms with Crippen molar-refractivity contribution in [1.29, 1.82) is 0 Å². The normalized spacial score (nSPS) is 11.7. The molecule has 0 bridgehead atoms. The second-order valence-corrected chi connectivity index (χ2v) is 4.27. The van der Waals surface area contributed by atoms with E-state index in [9.17, 15) is 4.39 Å². The van der Waals surface area contributed by atoms with Gasteiger partial charge in [0.15, 0.2) is 0 Å². The van der Waals surface area contributed by atoms with E-state index in [0.29, 0.717) is 5.75 Å². The number of rotatable bonds is 7. The predicted molar refractivity (Wildman–Crippen MR) is 74.4 cm³/mol. The summed E-state index contributed by atoms with van der Waals surface area (Å²) in [5.74, 6) is 0.481. The summed E-state index contributed by atoms with van der Waals surface area (Å²) in [4.78, 5) is 0. The van der Waals surface area contributed by atoms with Crippen molar-refractivity contribution in [2.75, 3.05) is 20.2 Å². The lowest BCUT2D eigenvalue weighted by Gasteiger charge is -2.09. The summed E-state index contributed by atoms with van der Waals surface area (Å²) in [5, 5.41) is 3.33. The van der Waals surface area contributed by atoms with E-state index >= 15 is 0 Å². The second-order valence-electron chi connectivity index (χ2n) is 4.27. The molecule has 0 aliphatic heterocycles. The highest BCUT2D eigenvalue weighted by atomic mass is 19.1. The van der Waals surface area contributed by atoms with Gasteiger partial charge in [0.25, 0.3) is 0 Å². The smallest absolute Gasteiger partial charge is 0.126 e. The van der Waals surface area contributed by atoms with E-state index in [1.54, 1.807) is 13.2 Å². The van der Waals surface area contributed by atoms with Gasteiger partial charge >= 0.3 is 0 Å². The van der Waals surface area contributed by atoms with Crippen LogP contribution in [0.2, 0.25) is 0 Å². The summed E-state index contributed by atoms with van der Waals surface area (Å²) in [6, 6.07) is 4.60. The van der Waals surface area contributed by atoms with Crippen molar-refractivity contribution in [3.63, 3.8) is 0 Å². The quantitative estimate of drug-likeness (QED) is 0.747. The second kappa shape index (κ2) is 7.88. The summed E-state index contributed by atoms with van der Waals surface area (Å²) >= 11 is 0. The summed E-state index contributed by atoms with van der Waals surface area (Å²) in [6.07, 6.45) is 4.19. The molecule has 2 nitrogen and oxygen atoms in total. The number of halogens is 1. The molecule has 0 aliphatic rings. The van der Waals surface area contributed by atoms with E-state index in [1.807, 2.05) is 6.92 Å². The standard InChI is InChI=1S/C15H22FNO/c1-4-9-17-10-5-6-12(2)14-11-13(16)7-8-15(14)18-3/h6-8,11,17H,4-5,9-10H2,1-3H3/b12-6-. The maximum Gasteiger partial charge on any atom is 0.126 e. The molecule has 0 fully saturated rings. The van der Waals surface area contributed by atoms with Crippen LogP contribution in [0.25, 0.3) is 5.57 Å². The Morgan fingerprint density at radius 2 is 2.17 bits per heavy atom.